The fraction of sp³-hybridized carbons (Fsp3) is 0.867. The highest BCUT2D eigenvalue weighted by molar-refractivity contribution is 5.76. The number of nitrogens with zero attached hydrogens (tertiary/aromatic N) is 1. The van der Waals surface area contributed by atoms with Crippen molar-refractivity contribution in [1.82, 2.24) is 10.2 Å². The fourth-order valence-electron chi connectivity index (χ4n) is 1.63. The molecule has 0 spiro atoms. The molecule has 118 valence electrons. The topological polar surface area (TPSA) is 58.6 Å². The molecule has 1 amide bonds. The zero-order valence-corrected chi connectivity index (χ0v) is 13.6. The molecular weight excluding hydrogens is 256 g/mol. The van der Waals surface area contributed by atoms with Crippen molar-refractivity contribution in [3.63, 3.8) is 0 Å². The maximum atomic E-state index is 11.6. The predicted molar refractivity (Wildman–Crippen MR) is 80.4 cm³/mol. The van der Waals surface area contributed by atoms with Gasteiger partial charge in [0.25, 0.3) is 6.47 Å². The van der Waals surface area contributed by atoms with Gasteiger partial charge in [0.05, 0.1) is 0 Å². The van der Waals surface area contributed by atoms with Gasteiger partial charge in [0, 0.05) is 32.6 Å². The zero-order chi connectivity index (χ0) is 15.6. The van der Waals surface area contributed by atoms with Crippen LogP contribution in [0.1, 0.15) is 47.5 Å². The molecule has 1 rings (SSSR count). The van der Waals surface area contributed by atoms with Crippen LogP contribution in [-0.2, 0) is 14.3 Å². The van der Waals surface area contributed by atoms with Crippen LogP contribution in [0, 0.1) is 5.92 Å². The molecule has 1 N–H and O–H groups in total. The zero-order valence-electron chi connectivity index (χ0n) is 13.6. The Morgan fingerprint density at radius 3 is 2.20 bits per heavy atom. The molecule has 0 aromatic rings. The van der Waals surface area contributed by atoms with E-state index in [0.29, 0.717) is 18.3 Å². The standard InChI is InChI=1S/C10H20N2O.C5H10O2/c1-9(2)3-4-10(13)12-7-5-11-6-8-12;1-5(2,3)7-4-6/h9,11H,3-8H2,1-2H3;4H,1-3H3. The minimum Gasteiger partial charge on any atom is -0.462 e. The van der Waals surface area contributed by atoms with Crippen molar-refractivity contribution in [2.75, 3.05) is 26.2 Å². The summed E-state index contributed by atoms with van der Waals surface area (Å²) in [7, 11) is 0. The third-order valence-corrected chi connectivity index (χ3v) is 2.81. The monoisotopic (exact) mass is 286 g/mol. The molecule has 1 aliphatic rings. The van der Waals surface area contributed by atoms with Crippen LogP contribution in [0.2, 0.25) is 0 Å². The third-order valence-electron chi connectivity index (χ3n) is 2.81. The van der Waals surface area contributed by atoms with E-state index < -0.39 is 0 Å². The van der Waals surface area contributed by atoms with E-state index in [2.05, 4.69) is 23.9 Å². The molecule has 0 unspecified atom stereocenters. The van der Waals surface area contributed by atoms with Crippen molar-refractivity contribution in [3.05, 3.63) is 0 Å². The Morgan fingerprint density at radius 2 is 1.85 bits per heavy atom. The Bertz CT molecular complexity index is 279. The molecule has 1 aliphatic heterocycles. The van der Waals surface area contributed by atoms with Crippen LogP contribution >= 0.6 is 0 Å². The van der Waals surface area contributed by atoms with Crippen molar-refractivity contribution < 1.29 is 14.3 Å². The molecule has 0 aromatic heterocycles. The van der Waals surface area contributed by atoms with Crippen LogP contribution in [0.5, 0.6) is 0 Å². The van der Waals surface area contributed by atoms with E-state index in [-0.39, 0.29) is 5.60 Å². The summed E-state index contributed by atoms with van der Waals surface area (Å²) >= 11 is 0. The van der Waals surface area contributed by atoms with Gasteiger partial charge in [-0.25, -0.2) is 0 Å². The van der Waals surface area contributed by atoms with Crippen molar-refractivity contribution >= 4 is 12.4 Å². The van der Waals surface area contributed by atoms with E-state index in [1.165, 1.54) is 0 Å². The van der Waals surface area contributed by atoms with Gasteiger partial charge in [0.1, 0.15) is 5.60 Å². The highest BCUT2D eigenvalue weighted by Gasteiger charge is 2.15. The van der Waals surface area contributed by atoms with Crippen LogP contribution in [-0.4, -0.2) is 49.1 Å². The Hall–Kier alpha value is -1.10. The van der Waals surface area contributed by atoms with Crippen LogP contribution in [0.3, 0.4) is 0 Å². The van der Waals surface area contributed by atoms with E-state index in [1.807, 2.05) is 25.7 Å². The van der Waals surface area contributed by atoms with Crippen molar-refractivity contribution in [1.29, 1.82) is 0 Å². The molecular formula is C15H30N2O3. The number of rotatable bonds is 4. The van der Waals surface area contributed by atoms with E-state index in [9.17, 15) is 9.59 Å². The summed E-state index contributed by atoms with van der Waals surface area (Å²) in [5.74, 6) is 0.960. The average Bonchev–Trinajstić information content (AvgIpc) is 2.36. The second kappa shape index (κ2) is 9.75. The molecule has 0 bridgehead atoms. The SMILES string of the molecule is CC(C)(C)OC=O.CC(C)CCC(=O)N1CCNCC1. The molecule has 0 aromatic carbocycles. The van der Waals surface area contributed by atoms with E-state index in [1.54, 1.807) is 0 Å². The van der Waals surface area contributed by atoms with Crippen molar-refractivity contribution in [3.8, 4) is 0 Å². The van der Waals surface area contributed by atoms with Gasteiger partial charge in [-0.3, -0.25) is 9.59 Å². The third kappa shape index (κ3) is 10.8. The first-order valence-electron chi connectivity index (χ1n) is 7.36. The van der Waals surface area contributed by atoms with E-state index in [0.717, 1.165) is 39.0 Å². The Kier molecular flexibility index (Phi) is 9.21. The van der Waals surface area contributed by atoms with Gasteiger partial charge in [-0.15, -0.1) is 0 Å². The highest BCUT2D eigenvalue weighted by Crippen LogP contribution is 2.06. The quantitative estimate of drug-likeness (QED) is 0.801. The largest absolute Gasteiger partial charge is 0.462 e. The summed E-state index contributed by atoms with van der Waals surface area (Å²) in [4.78, 5) is 23.2. The first-order valence-corrected chi connectivity index (χ1v) is 7.36. The summed E-state index contributed by atoms with van der Waals surface area (Å²) < 4.78 is 4.55. The highest BCUT2D eigenvalue weighted by atomic mass is 16.5. The van der Waals surface area contributed by atoms with Crippen LogP contribution in [0.25, 0.3) is 0 Å². The molecule has 0 aliphatic carbocycles. The summed E-state index contributed by atoms with van der Waals surface area (Å²) in [6.07, 6.45) is 1.74. The fourth-order valence-corrected chi connectivity index (χ4v) is 1.63. The summed E-state index contributed by atoms with van der Waals surface area (Å²) in [5.41, 5.74) is -0.318. The smallest absolute Gasteiger partial charge is 0.293 e. The normalized spacial score (nSPS) is 15.4. The van der Waals surface area contributed by atoms with Gasteiger partial charge in [-0.1, -0.05) is 13.8 Å². The lowest BCUT2D eigenvalue weighted by atomic mass is 10.1. The van der Waals surface area contributed by atoms with Gasteiger partial charge in [-0.05, 0) is 33.1 Å². The van der Waals surface area contributed by atoms with Gasteiger partial charge >= 0.3 is 0 Å². The van der Waals surface area contributed by atoms with Crippen molar-refractivity contribution in [2.45, 2.75) is 53.1 Å². The number of carbonyl (C=O) groups is 2. The Balaban J connectivity index is 0.000000441. The molecule has 1 heterocycles. The summed E-state index contributed by atoms with van der Waals surface area (Å²) in [5, 5.41) is 3.24. The lowest BCUT2D eigenvalue weighted by Gasteiger charge is -2.27. The molecule has 1 saturated heterocycles. The molecule has 0 radical (unpaired) electrons. The minimum atomic E-state index is -0.318. The summed E-state index contributed by atoms with van der Waals surface area (Å²) in [6, 6.07) is 0. The lowest BCUT2D eigenvalue weighted by Crippen LogP contribution is -2.46. The number of amides is 1. The second-order valence-corrected chi connectivity index (χ2v) is 6.39. The number of ether oxygens (including phenoxy) is 1. The predicted octanol–water partition coefficient (Wildman–Crippen LogP) is 1.81. The number of carbonyl (C=O) groups excluding carboxylic acids is 2. The molecule has 1 fully saturated rings. The molecule has 5 heteroatoms. The molecule has 20 heavy (non-hydrogen) atoms. The van der Waals surface area contributed by atoms with E-state index in [4.69, 9.17) is 0 Å². The van der Waals surface area contributed by atoms with Crippen molar-refractivity contribution in [2.24, 2.45) is 5.92 Å². The summed E-state index contributed by atoms with van der Waals surface area (Å²) in [6.45, 7) is 13.9. The molecule has 5 nitrogen and oxygen atoms in total. The Labute approximate surface area is 123 Å². The Morgan fingerprint density at radius 1 is 1.30 bits per heavy atom. The van der Waals surface area contributed by atoms with Gasteiger partial charge in [0.15, 0.2) is 0 Å². The first kappa shape index (κ1) is 18.9. The molecule has 0 saturated carbocycles. The van der Waals surface area contributed by atoms with Gasteiger partial charge in [0.2, 0.25) is 5.91 Å². The maximum absolute atomic E-state index is 11.6. The van der Waals surface area contributed by atoms with Gasteiger partial charge in [-0.2, -0.15) is 0 Å². The average molecular weight is 286 g/mol. The molecule has 0 atom stereocenters. The number of nitrogens with one attached hydrogen (secondary N) is 1. The lowest BCUT2D eigenvalue weighted by molar-refractivity contribution is -0.138. The van der Waals surface area contributed by atoms with Crippen LogP contribution in [0.4, 0.5) is 0 Å². The number of hydrogen-bond donors (Lipinski definition) is 1. The first-order chi connectivity index (χ1) is 9.26. The van der Waals surface area contributed by atoms with E-state index >= 15 is 0 Å². The van der Waals surface area contributed by atoms with Crippen LogP contribution < -0.4 is 5.32 Å². The second-order valence-electron chi connectivity index (χ2n) is 6.39. The van der Waals surface area contributed by atoms with Gasteiger partial charge < -0.3 is 15.0 Å². The number of piperazine rings is 1. The van der Waals surface area contributed by atoms with Crippen LogP contribution in [0.15, 0.2) is 0 Å². The minimum absolute atomic E-state index is 0.318. The number of hydrogen-bond acceptors (Lipinski definition) is 4. The maximum Gasteiger partial charge on any atom is 0.293 e.